The average molecular weight is 833 g/mol. The molecule has 0 saturated carbocycles. The first-order valence-corrected chi connectivity index (χ1v) is 20.7. The number of hydrogen-bond acceptors (Lipinski definition) is 11. The number of rotatable bonds is 13. The SMILES string of the molecule is CC(C)N1C(=O)c2ccccc2NS1(=O)=O.CCCCCOC(=O)COc1cc(N2C(=O)C3=C(CCCC3)C2=O)c(F)cc1Cl.O=C(O)CNCP(=O)(O)O. The molecule has 0 saturated heterocycles. The number of para-hydroxylation sites is 1. The van der Waals surface area contributed by atoms with Gasteiger partial charge in [-0.1, -0.05) is 43.5 Å². The van der Waals surface area contributed by atoms with Crippen molar-refractivity contribution < 1.29 is 65.7 Å². The zero-order valence-electron chi connectivity index (χ0n) is 30.2. The number of imide groups is 1. The normalized spacial score (nSPS) is 16.0. The van der Waals surface area contributed by atoms with Gasteiger partial charge >= 0.3 is 29.7 Å². The molecular weight excluding hydrogens is 790 g/mol. The van der Waals surface area contributed by atoms with E-state index in [9.17, 15) is 41.3 Å². The van der Waals surface area contributed by atoms with Gasteiger partial charge in [0.25, 0.3) is 17.7 Å². The van der Waals surface area contributed by atoms with E-state index < -0.39 is 78.8 Å². The van der Waals surface area contributed by atoms with Crippen LogP contribution in [0.25, 0.3) is 0 Å². The van der Waals surface area contributed by atoms with Crippen LogP contribution in [0.4, 0.5) is 15.8 Å². The van der Waals surface area contributed by atoms with E-state index in [4.69, 9.17) is 36.0 Å². The third-order valence-corrected chi connectivity index (χ3v) is 10.4. The van der Waals surface area contributed by atoms with Crippen LogP contribution in [0.5, 0.6) is 5.75 Å². The lowest BCUT2D eigenvalue weighted by atomic mass is 9.93. The quantitative estimate of drug-likeness (QED) is 0.0816. The molecule has 302 valence electrons. The Morgan fingerprint density at radius 1 is 1.04 bits per heavy atom. The molecule has 21 heteroatoms. The molecule has 3 aliphatic rings. The monoisotopic (exact) mass is 832 g/mol. The average Bonchev–Trinajstić information content (AvgIpc) is 3.34. The summed E-state index contributed by atoms with van der Waals surface area (Å²) in [5.74, 6) is -4.03. The summed E-state index contributed by atoms with van der Waals surface area (Å²) < 4.78 is 61.8. The van der Waals surface area contributed by atoms with Crippen molar-refractivity contribution in [2.24, 2.45) is 0 Å². The summed E-state index contributed by atoms with van der Waals surface area (Å²) >= 11 is 6.02. The van der Waals surface area contributed by atoms with Crippen molar-refractivity contribution in [3.05, 3.63) is 63.9 Å². The van der Waals surface area contributed by atoms with Crippen LogP contribution in [0.1, 0.15) is 76.1 Å². The van der Waals surface area contributed by atoms with E-state index in [1.165, 1.54) is 6.07 Å². The molecule has 0 unspecified atom stereocenters. The number of fused-ring (bicyclic) bond motifs is 1. The van der Waals surface area contributed by atoms with Gasteiger partial charge in [0.15, 0.2) is 6.61 Å². The van der Waals surface area contributed by atoms with E-state index >= 15 is 0 Å². The van der Waals surface area contributed by atoms with E-state index in [0.29, 0.717) is 41.8 Å². The molecule has 0 fully saturated rings. The molecule has 2 aromatic rings. The Hall–Kier alpha value is -4.39. The minimum Gasteiger partial charge on any atom is -0.480 e. The van der Waals surface area contributed by atoms with Crippen LogP contribution in [-0.4, -0.2) is 89.4 Å². The Morgan fingerprint density at radius 2 is 1.65 bits per heavy atom. The number of nitrogens with zero attached hydrogens (tertiary/aromatic N) is 2. The van der Waals surface area contributed by atoms with Crippen molar-refractivity contribution in [1.82, 2.24) is 9.62 Å². The molecule has 0 atom stereocenters. The fraction of sp³-hybridized carbons (Fsp3) is 0.441. The van der Waals surface area contributed by atoms with Gasteiger partial charge in [-0.3, -0.25) is 33.8 Å². The smallest absolute Gasteiger partial charge is 0.344 e. The zero-order chi connectivity index (χ0) is 41.1. The number of anilines is 2. The van der Waals surface area contributed by atoms with Gasteiger partial charge in [0.05, 0.1) is 41.4 Å². The number of ether oxygens (including phenoxy) is 2. The molecule has 0 bridgehead atoms. The van der Waals surface area contributed by atoms with Crippen molar-refractivity contribution in [2.75, 3.05) is 35.7 Å². The van der Waals surface area contributed by atoms with Crippen LogP contribution in [0.15, 0.2) is 47.5 Å². The van der Waals surface area contributed by atoms with Gasteiger partial charge in [0.2, 0.25) is 0 Å². The van der Waals surface area contributed by atoms with Crippen molar-refractivity contribution in [3.8, 4) is 5.75 Å². The summed E-state index contributed by atoms with van der Waals surface area (Å²) in [4.78, 5) is 76.1. The molecule has 2 heterocycles. The second-order valence-electron chi connectivity index (χ2n) is 12.6. The maximum absolute atomic E-state index is 14.5. The fourth-order valence-corrected chi connectivity index (χ4v) is 7.50. The molecule has 1 aliphatic carbocycles. The summed E-state index contributed by atoms with van der Waals surface area (Å²) in [6.07, 6.45) is 4.80. The highest BCUT2D eigenvalue weighted by atomic mass is 35.5. The highest BCUT2D eigenvalue weighted by Gasteiger charge is 2.41. The highest BCUT2D eigenvalue weighted by molar-refractivity contribution is 7.91. The van der Waals surface area contributed by atoms with E-state index in [0.717, 1.165) is 47.4 Å². The Kier molecular flexibility index (Phi) is 16.3. The number of carbonyl (C=O) groups is 5. The van der Waals surface area contributed by atoms with Gasteiger partial charge in [-0.25, -0.2) is 18.4 Å². The second-order valence-corrected chi connectivity index (χ2v) is 16.2. The Balaban J connectivity index is 0.000000261. The predicted octanol–water partition coefficient (Wildman–Crippen LogP) is 4.34. The fourth-order valence-electron chi connectivity index (χ4n) is 5.47. The van der Waals surface area contributed by atoms with Crippen LogP contribution in [0.2, 0.25) is 5.02 Å². The van der Waals surface area contributed by atoms with Crippen LogP contribution in [0, 0.1) is 5.82 Å². The number of halogens is 2. The molecule has 0 spiro atoms. The molecule has 5 N–H and O–H groups in total. The first-order valence-electron chi connectivity index (χ1n) is 17.1. The molecule has 5 rings (SSSR count). The Morgan fingerprint density at radius 3 is 2.22 bits per heavy atom. The molecule has 2 aliphatic heterocycles. The Labute approximate surface area is 322 Å². The predicted molar refractivity (Wildman–Crippen MR) is 198 cm³/mol. The van der Waals surface area contributed by atoms with Crippen LogP contribution < -0.4 is 19.7 Å². The van der Waals surface area contributed by atoms with E-state index in [1.54, 1.807) is 38.1 Å². The standard InChI is InChI=1S/C21H23ClFNO5.C10H12N2O3S.C3H8NO5P/c1-2-3-6-9-28-19(25)12-29-18-11-17(16(23)10-15(18)22)24-20(26)13-7-4-5-8-14(13)21(24)27;1-7(2)12-10(13)8-5-3-4-6-9(8)11-16(12,14)15;5-3(6)1-4-2-10(7,8)9/h10-11H,2-9,12H2,1H3;3-7,11H,1-2H3;4H,1-2H2,(H,5,6)(H2,7,8,9). The lowest BCUT2D eigenvalue weighted by Gasteiger charge is -2.31. The van der Waals surface area contributed by atoms with Gasteiger partial charge in [-0.15, -0.1) is 0 Å². The summed E-state index contributed by atoms with van der Waals surface area (Å²) in [5, 5.41) is 9.99. The molecule has 2 aromatic carbocycles. The summed E-state index contributed by atoms with van der Waals surface area (Å²) in [6.45, 7) is 4.81. The molecular formula is C34H43ClFN4O13PS. The first kappa shape index (κ1) is 45.0. The first-order chi connectivity index (χ1) is 25.8. The minimum atomic E-state index is -4.10. The number of benzene rings is 2. The molecule has 0 aromatic heterocycles. The van der Waals surface area contributed by atoms with Crippen molar-refractivity contribution in [3.63, 3.8) is 0 Å². The van der Waals surface area contributed by atoms with Crippen molar-refractivity contribution in [1.29, 1.82) is 0 Å². The van der Waals surface area contributed by atoms with Gasteiger partial charge in [0, 0.05) is 23.3 Å². The largest absolute Gasteiger partial charge is 0.480 e. The number of unbranched alkanes of at least 4 members (excludes halogenated alkanes) is 2. The third-order valence-electron chi connectivity index (χ3n) is 7.91. The summed E-state index contributed by atoms with van der Waals surface area (Å²) in [7, 11) is -7.85. The van der Waals surface area contributed by atoms with Crippen LogP contribution >= 0.6 is 19.2 Å². The number of esters is 1. The van der Waals surface area contributed by atoms with E-state index in [-0.39, 0.29) is 16.5 Å². The van der Waals surface area contributed by atoms with Crippen LogP contribution in [-0.2, 0) is 38.7 Å². The lowest BCUT2D eigenvalue weighted by molar-refractivity contribution is -0.146. The van der Waals surface area contributed by atoms with E-state index in [2.05, 4.69) is 10.0 Å². The lowest BCUT2D eigenvalue weighted by Crippen LogP contribution is -2.48. The second kappa shape index (κ2) is 20.0. The highest BCUT2D eigenvalue weighted by Crippen LogP contribution is 2.39. The number of hydrogen-bond donors (Lipinski definition) is 5. The van der Waals surface area contributed by atoms with Gasteiger partial charge in [-0.05, 0) is 64.2 Å². The maximum atomic E-state index is 14.5. The zero-order valence-corrected chi connectivity index (χ0v) is 32.7. The number of nitrogens with one attached hydrogen (secondary N) is 2. The number of aliphatic carboxylic acids is 1. The van der Waals surface area contributed by atoms with Gasteiger partial charge < -0.3 is 24.4 Å². The molecule has 17 nitrogen and oxygen atoms in total. The van der Waals surface area contributed by atoms with Crippen molar-refractivity contribution in [2.45, 2.75) is 71.8 Å². The molecule has 3 amide bonds. The number of carboxylic acids is 1. The number of carboxylic acid groups (broad SMARTS) is 1. The molecule has 55 heavy (non-hydrogen) atoms. The third kappa shape index (κ3) is 12.6. The number of amides is 3. The van der Waals surface area contributed by atoms with Gasteiger partial charge in [0.1, 0.15) is 11.6 Å². The van der Waals surface area contributed by atoms with Crippen molar-refractivity contribution >= 4 is 70.4 Å². The summed E-state index contributed by atoms with van der Waals surface area (Å²) in [6, 6.07) is 8.30. The number of carbonyl (C=O) groups excluding carboxylic acids is 4. The van der Waals surface area contributed by atoms with Gasteiger partial charge in [-0.2, -0.15) is 8.42 Å². The van der Waals surface area contributed by atoms with Crippen LogP contribution in [0.3, 0.4) is 0 Å². The van der Waals surface area contributed by atoms with E-state index in [1.807, 2.05) is 6.92 Å². The Bertz CT molecular complexity index is 1940. The minimum absolute atomic E-state index is 0.000883. The maximum Gasteiger partial charge on any atom is 0.344 e. The summed E-state index contributed by atoms with van der Waals surface area (Å²) in [5.41, 5.74) is 1.39. The molecule has 0 radical (unpaired) electrons. The topological polar surface area (TPSA) is 246 Å².